The summed E-state index contributed by atoms with van der Waals surface area (Å²) in [5.41, 5.74) is 10.4. The van der Waals surface area contributed by atoms with Gasteiger partial charge in [0.15, 0.2) is 0 Å². The highest BCUT2D eigenvalue weighted by Gasteiger charge is 2.33. The number of amides is 1. The minimum absolute atomic E-state index is 0.0764. The van der Waals surface area contributed by atoms with Gasteiger partial charge in [0.25, 0.3) is 0 Å². The summed E-state index contributed by atoms with van der Waals surface area (Å²) < 4.78 is 0. The minimum atomic E-state index is -0.657. The lowest BCUT2D eigenvalue weighted by Gasteiger charge is -2.10. The Kier molecular flexibility index (Phi) is 2.66. The Morgan fingerprint density at radius 2 is 2.25 bits per heavy atom. The molecule has 0 radical (unpaired) electrons. The lowest BCUT2D eigenvalue weighted by atomic mass is 9.97. The predicted octanol–water partition coefficient (Wildman–Crippen LogP) is -0.261. The first-order valence-corrected chi connectivity index (χ1v) is 4.09. The van der Waals surface area contributed by atoms with Crippen molar-refractivity contribution in [3.05, 3.63) is 0 Å². The molecule has 1 rings (SSSR count). The zero-order chi connectivity index (χ0) is 9.14. The zero-order valence-electron chi connectivity index (χ0n) is 6.86. The van der Waals surface area contributed by atoms with Crippen LogP contribution in [0.4, 0.5) is 0 Å². The largest absolute Gasteiger partial charge is 0.368 e. The second kappa shape index (κ2) is 3.55. The van der Waals surface area contributed by atoms with Crippen molar-refractivity contribution in [3.63, 3.8) is 0 Å². The fraction of sp³-hybridized carbons (Fsp3) is 0.750. The van der Waals surface area contributed by atoms with Crippen LogP contribution in [0.15, 0.2) is 0 Å². The SMILES string of the molecule is N#CC(CC(N)C(N)=O)C1CC1. The zero-order valence-corrected chi connectivity index (χ0v) is 6.86. The van der Waals surface area contributed by atoms with Crippen LogP contribution in [-0.4, -0.2) is 11.9 Å². The Morgan fingerprint density at radius 3 is 2.58 bits per heavy atom. The van der Waals surface area contributed by atoms with Crippen LogP contribution >= 0.6 is 0 Å². The molecule has 0 aliphatic heterocycles. The molecule has 4 nitrogen and oxygen atoms in total. The van der Waals surface area contributed by atoms with E-state index in [1.807, 2.05) is 0 Å². The van der Waals surface area contributed by atoms with Gasteiger partial charge < -0.3 is 11.5 Å². The molecular weight excluding hydrogens is 154 g/mol. The van der Waals surface area contributed by atoms with E-state index in [1.54, 1.807) is 0 Å². The molecule has 0 spiro atoms. The van der Waals surface area contributed by atoms with Crippen molar-refractivity contribution in [3.8, 4) is 6.07 Å². The third-order valence-corrected chi connectivity index (χ3v) is 2.23. The molecule has 2 atom stereocenters. The number of carbonyl (C=O) groups excluding carboxylic acids is 1. The average Bonchev–Trinajstić information content (AvgIpc) is 2.82. The molecule has 1 aliphatic rings. The van der Waals surface area contributed by atoms with Gasteiger partial charge in [0.1, 0.15) is 0 Å². The smallest absolute Gasteiger partial charge is 0.234 e. The molecular formula is C8H13N3O. The fourth-order valence-electron chi connectivity index (χ4n) is 1.24. The second-order valence-corrected chi connectivity index (χ2v) is 3.32. The van der Waals surface area contributed by atoms with Gasteiger partial charge in [-0.1, -0.05) is 0 Å². The Morgan fingerprint density at radius 1 is 1.67 bits per heavy atom. The Bertz CT molecular complexity index is 217. The summed E-state index contributed by atoms with van der Waals surface area (Å²) in [6, 6.07) is 1.50. The molecule has 1 fully saturated rings. The van der Waals surface area contributed by atoms with Crippen molar-refractivity contribution in [2.75, 3.05) is 0 Å². The van der Waals surface area contributed by atoms with E-state index < -0.39 is 11.9 Å². The average molecular weight is 167 g/mol. The van der Waals surface area contributed by atoms with Crippen LogP contribution in [0.25, 0.3) is 0 Å². The van der Waals surface area contributed by atoms with Crippen LogP contribution < -0.4 is 11.5 Å². The van der Waals surface area contributed by atoms with Crippen molar-refractivity contribution >= 4 is 5.91 Å². The molecule has 0 heterocycles. The summed E-state index contributed by atoms with van der Waals surface area (Å²) in [4.78, 5) is 10.6. The summed E-state index contributed by atoms with van der Waals surface area (Å²) >= 11 is 0. The molecule has 0 saturated heterocycles. The van der Waals surface area contributed by atoms with Gasteiger partial charge >= 0.3 is 0 Å². The van der Waals surface area contributed by atoms with Crippen molar-refractivity contribution in [2.24, 2.45) is 23.3 Å². The molecule has 1 saturated carbocycles. The predicted molar refractivity (Wildman–Crippen MR) is 43.6 cm³/mol. The lowest BCUT2D eigenvalue weighted by Crippen LogP contribution is -2.38. The van der Waals surface area contributed by atoms with Gasteiger partial charge in [-0.3, -0.25) is 4.79 Å². The van der Waals surface area contributed by atoms with E-state index in [0.29, 0.717) is 12.3 Å². The Balaban J connectivity index is 2.37. The number of primary amides is 1. The third-order valence-electron chi connectivity index (χ3n) is 2.23. The first kappa shape index (κ1) is 9.01. The normalized spacial score (nSPS) is 21.0. The van der Waals surface area contributed by atoms with Gasteiger partial charge in [0.05, 0.1) is 18.0 Å². The number of hydrogen-bond donors (Lipinski definition) is 2. The van der Waals surface area contributed by atoms with Gasteiger partial charge in [-0.25, -0.2) is 0 Å². The third kappa shape index (κ3) is 2.21. The van der Waals surface area contributed by atoms with E-state index in [1.165, 1.54) is 0 Å². The van der Waals surface area contributed by atoms with E-state index in [0.717, 1.165) is 12.8 Å². The van der Waals surface area contributed by atoms with Gasteiger partial charge in [-0.15, -0.1) is 0 Å². The highest BCUT2D eigenvalue weighted by Crippen LogP contribution is 2.38. The van der Waals surface area contributed by atoms with Gasteiger partial charge in [0.2, 0.25) is 5.91 Å². The molecule has 4 heteroatoms. The number of nitrogens with two attached hydrogens (primary N) is 2. The maximum atomic E-state index is 10.6. The topological polar surface area (TPSA) is 92.9 Å². The van der Waals surface area contributed by atoms with Crippen LogP contribution in [0.2, 0.25) is 0 Å². The Hall–Kier alpha value is -1.08. The van der Waals surface area contributed by atoms with Gasteiger partial charge in [0, 0.05) is 0 Å². The molecule has 1 aliphatic carbocycles. The van der Waals surface area contributed by atoms with Crippen molar-refractivity contribution < 1.29 is 4.79 Å². The van der Waals surface area contributed by atoms with Crippen LogP contribution in [0, 0.1) is 23.2 Å². The first-order valence-electron chi connectivity index (χ1n) is 4.09. The molecule has 4 N–H and O–H groups in total. The van der Waals surface area contributed by atoms with Crippen LogP contribution in [-0.2, 0) is 4.79 Å². The van der Waals surface area contributed by atoms with E-state index in [9.17, 15) is 4.79 Å². The van der Waals surface area contributed by atoms with Gasteiger partial charge in [-0.2, -0.15) is 5.26 Å². The molecule has 0 aromatic heterocycles. The standard InChI is InChI=1S/C8H13N3O/c9-4-6(5-1-2-5)3-7(10)8(11)12/h5-7H,1-3,10H2,(H2,11,12). The summed E-state index contributed by atoms with van der Waals surface area (Å²) in [6.45, 7) is 0. The summed E-state index contributed by atoms with van der Waals surface area (Å²) in [5.74, 6) is -0.135. The van der Waals surface area contributed by atoms with E-state index in [-0.39, 0.29) is 5.92 Å². The summed E-state index contributed by atoms with van der Waals surface area (Å²) in [5, 5.41) is 8.71. The van der Waals surface area contributed by atoms with Crippen molar-refractivity contribution in [1.82, 2.24) is 0 Å². The maximum Gasteiger partial charge on any atom is 0.234 e. The second-order valence-electron chi connectivity index (χ2n) is 3.32. The highest BCUT2D eigenvalue weighted by atomic mass is 16.1. The van der Waals surface area contributed by atoms with E-state index in [4.69, 9.17) is 16.7 Å². The van der Waals surface area contributed by atoms with Crippen molar-refractivity contribution in [2.45, 2.75) is 25.3 Å². The van der Waals surface area contributed by atoms with Crippen LogP contribution in [0.5, 0.6) is 0 Å². The molecule has 1 amide bonds. The molecule has 0 aromatic rings. The number of nitriles is 1. The molecule has 12 heavy (non-hydrogen) atoms. The van der Waals surface area contributed by atoms with Crippen molar-refractivity contribution in [1.29, 1.82) is 5.26 Å². The lowest BCUT2D eigenvalue weighted by molar-refractivity contribution is -0.119. The minimum Gasteiger partial charge on any atom is -0.368 e. The Labute approximate surface area is 71.5 Å². The summed E-state index contributed by atoms with van der Waals surface area (Å²) in [7, 11) is 0. The molecule has 2 unspecified atom stereocenters. The molecule has 66 valence electrons. The quantitative estimate of drug-likeness (QED) is 0.604. The highest BCUT2D eigenvalue weighted by molar-refractivity contribution is 5.79. The number of nitrogens with zero attached hydrogens (tertiary/aromatic N) is 1. The van der Waals surface area contributed by atoms with Gasteiger partial charge in [-0.05, 0) is 25.2 Å². The fourth-order valence-corrected chi connectivity index (χ4v) is 1.24. The number of rotatable bonds is 4. The van der Waals surface area contributed by atoms with E-state index >= 15 is 0 Å². The summed E-state index contributed by atoms with van der Waals surface area (Å²) in [6.07, 6.45) is 2.59. The first-order chi connectivity index (χ1) is 5.65. The number of carbonyl (C=O) groups is 1. The number of hydrogen-bond acceptors (Lipinski definition) is 3. The van der Waals surface area contributed by atoms with Crippen LogP contribution in [0.3, 0.4) is 0 Å². The monoisotopic (exact) mass is 167 g/mol. The maximum absolute atomic E-state index is 10.6. The molecule has 0 bridgehead atoms. The molecule has 0 aromatic carbocycles. The van der Waals surface area contributed by atoms with Crippen LogP contribution in [0.1, 0.15) is 19.3 Å². The van der Waals surface area contributed by atoms with E-state index in [2.05, 4.69) is 6.07 Å².